The Kier molecular flexibility index (Phi) is 4.95. The van der Waals surface area contributed by atoms with Crippen molar-refractivity contribution in [2.24, 2.45) is 5.92 Å². The van der Waals surface area contributed by atoms with Gasteiger partial charge in [-0.1, -0.05) is 6.07 Å². The van der Waals surface area contributed by atoms with E-state index in [1.807, 2.05) is 6.92 Å². The molecule has 4 atom stereocenters. The van der Waals surface area contributed by atoms with Gasteiger partial charge in [0.05, 0.1) is 6.10 Å². The Hall–Kier alpha value is -1.49. The van der Waals surface area contributed by atoms with Crippen molar-refractivity contribution in [1.29, 1.82) is 0 Å². The average Bonchev–Trinajstić information content (AvgIpc) is 3.10. The molecule has 5 heteroatoms. The highest BCUT2D eigenvalue weighted by atomic mass is 19.1. The van der Waals surface area contributed by atoms with E-state index in [-0.39, 0.29) is 29.3 Å². The van der Waals surface area contributed by atoms with Crippen molar-refractivity contribution in [1.82, 2.24) is 5.32 Å². The van der Waals surface area contributed by atoms with Crippen LogP contribution < -0.4 is 5.32 Å². The van der Waals surface area contributed by atoms with Crippen molar-refractivity contribution in [2.45, 2.75) is 57.1 Å². The first kappa shape index (κ1) is 16.4. The van der Waals surface area contributed by atoms with E-state index in [0.29, 0.717) is 12.5 Å². The molecule has 2 fully saturated rings. The number of amides is 1. The Bertz CT molecular complexity index is 552. The molecule has 1 heterocycles. The molecular formula is C18H23F2NO2. The summed E-state index contributed by atoms with van der Waals surface area (Å²) in [6, 6.07) is 3.89. The van der Waals surface area contributed by atoms with Crippen LogP contribution in [0.3, 0.4) is 0 Å². The maximum absolute atomic E-state index is 13.7. The largest absolute Gasteiger partial charge is 0.378 e. The lowest BCUT2D eigenvalue weighted by atomic mass is 10.1. The minimum atomic E-state index is -0.559. The Morgan fingerprint density at radius 3 is 2.78 bits per heavy atom. The fraction of sp³-hybridized carbons (Fsp3) is 0.611. The van der Waals surface area contributed by atoms with Gasteiger partial charge in [0.15, 0.2) is 0 Å². The lowest BCUT2D eigenvalue weighted by molar-refractivity contribution is -0.123. The van der Waals surface area contributed by atoms with Gasteiger partial charge in [0.2, 0.25) is 5.91 Å². The smallest absolute Gasteiger partial charge is 0.223 e. The van der Waals surface area contributed by atoms with Crippen LogP contribution in [0.15, 0.2) is 18.2 Å². The van der Waals surface area contributed by atoms with Crippen LogP contribution in [-0.2, 0) is 9.53 Å². The third-order valence-corrected chi connectivity index (χ3v) is 4.83. The first-order chi connectivity index (χ1) is 11.1. The maximum atomic E-state index is 13.7. The topological polar surface area (TPSA) is 38.3 Å². The minimum Gasteiger partial charge on any atom is -0.378 e. The van der Waals surface area contributed by atoms with E-state index >= 15 is 0 Å². The third kappa shape index (κ3) is 3.89. The van der Waals surface area contributed by atoms with Crippen LogP contribution in [0.5, 0.6) is 0 Å². The Balaban J connectivity index is 1.48. The molecule has 1 N–H and O–H groups in total. The third-order valence-electron chi connectivity index (χ3n) is 4.83. The van der Waals surface area contributed by atoms with E-state index in [2.05, 4.69) is 5.32 Å². The monoisotopic (exact) mass is 323 g/mol. The number of nitrogens with one attached hydrogen (secondary N) is 1. The van der Waals surface area contributed by atoms with Gasteiger partial charge in [0, 0.05) is 30.0 Å². The van der Waals surface area contributed by atoms with Gasteiger partial charge >= 0.3 is 0 Å². The van der Waals surface area contributed by atoms with Gasteiger partial charge in [0.25, 0.3) is 0 Å². The van der Waals surface area contributed by atoms with Crippen molar-refractivity contribution in [3.8, 4) is 0 Å². The summed E-state index contributed by atoms with van der Waals surface area (Å²) >= 11 is 0. The molecule has 0 bridgehead atoms. The summed E-state index contributed by atoms with van der Waals surface area (Å²) in [6.45, 7) is 2.80. The number of benzene rings is 1. The van der Waals surface area contributed by atoms with Gasteiger partial charge in [-0.25, -0.2) is 8.78 Å². The quantitative estimate of drug-likeness (QED) is 0.870. The molecule has 0 radical (unpaired) electrons. The number of carbonyl (C=O) groups is 1. The Morgan fingerprint density at radius 1 is 1.39 bits per heavy atom. The molecule has 0 unspecified atom stereocenters. The van der Waals surface area contributed by atoms with Gasteiger partial charge in [0.1, 0.15) is 11.6 Å². The second-order valence-corrected chi connectivity index (χ2v) is 6.71. The summed E-state index contributed by atoms with van der Waals surface area (Å²) in [5.41, 5.74) is 0.0552. The molecule has 1 saturated heterocycles. The van der Waals surface area contributed by atoms with Gasteiger partial charge in [-0.2, -0.15) is 0 Å². The highest BCUT2D eigenvalue weighted by Crippen LogP contribution is 2.49. The van der Waals surface area contributed by atoms with E-state index in [1.54, 1.807) is 0 Å². The molecule has 1 amide bonds. The van der Waals surface area contributed by atoms with E-state index in [1.165, 1.54) is 18.2 Å². The van der Waals surface area contributed by atoms with Crippen LogP contribution in [0.1, 0.15) is 50.5 Å². The fourth-order valence-corrected chi connectivity index (χ4v) is 3.40. The van der Waals surface area contributed by atoms with Gasteiger partial charge < -0.3 is 10.1 Å². The van der Waals surface area contributed by atoms with Crippen molar-refractivity contribution in [2.75, 3.05) is 6.61 Å². The van der Waals surface area contributed by atoms with Gasteiger partial charge in [-0.3, -0.25) is 4.79 Å². The lowest BCUT2D eigenvalue weighted by Gasteiger charge is -2.16. The highest BCUT2D eigenvalue weighted by Gasteiger charge is 2.46. The SMILES string of the molecule is C[C@H](CC[C@@H]1CCCO1)NC(=O)[C@@H]1C[C@H]1c1c(F)cccc1F. The van der Waals surface area contributed by atoms with Crippen molar-refractivity contribution < 1.29 is 18.3 Å². The Labute approximate surface area is 135 Å². The van der Waals surface area contributed by atoms with Crippen LogP contribution in [0.2, 0.25) is 0 Å². The molecule has 126 valence electrons. The summed E-state index contributed by atoms with van der Waals surface area (Å²) in [4.78, 5) is 12.2. The van der Waals surface area contributed by atoms with Crippen LogP contribution >= 0.6 is 0 Å². The molecule has 1 aromatic carbocycles. The fourth-order valence-electron chi connectivity index (χ4n) is 3.40. The molecule has 0 aromatic heterocycles. The van der Waals surface area contributed by atoms with E-state index in [4.69, 9.17) is 4.74 Å². The zero-order valence-corrected chi connectivity index (χ0v) is 13.4. The van der Waals surface area contributed by atoms with Crippen molar-refractivity contribution in [3.63, 3.8) is 0 Å². The molecular weight excluding hydrogens is 300 g/mol. The predicted molar refractivity (Wildman–Crippen MR) is 83.0 cm³/mol. The van der Waals surface area contributed by atoms with Gasteiger partial charge in [-0.05, 0) is 51.2 Å². The van der Waals surface area contributed by atoms with E-state index < -0.39 is 11.6 Å². The van der Waals surface area contributed by atoms with Crippen LogP contribution in [0.25, 0.3) is 0 Å². The molecule has 3 nitrogen and oxygen atoms in total. The molecule has 1 saturated carbocycles. The van der Waals surface area contributed by atoms with Crippen molar-refractivity contribution in [3.05, 3.63) is 35.4 Å². The average molecular weight is 323 g/mol. The first-order valence-electron chi connectivity index (χ1n) is 8.42. The molecule has 0 spiro atoms. The van der Waals surface area contributed by atoms with E-state index in [0.717, 1.165) is 32.3 Å². The van der Waals surface area contributed by atoms with Crippen LogP contribution in [0.4, 0.5) is 8.78 Å². The lowest BCUT2D eigenvalue weighted by Crippen LogP contribution is -2.34. The molecule has 1 aliphatic carbocycles. The second-order valence-electron chi connectivity index (χ2n) is 6.71. The number of carbonyl (C=O) groups excluding carboxylic acids is 1. The Morgan fingerprint density at radius 2 is 2.13 bits per heavy atom. The normalized spacial score (nSPS) is 27.7. The summed E-state index contributed by atoms with van der Waals surface area (Å²) in [6.07, 6.45) is 4.85. The number of ether oxygens (including phenoxy) is 1. The van der Waals surface area contributed by atoms with Crippen LogP contribution in [-0.4, -0.2) is 24.7 Å². The number of rotatable bonds is 6. The first-order valence-corrected chi connectivity index (χ1v) is 8.42. The summed E-state index contributed by atoms with van der Waals surface area (Å²) in [7, 11) is 0. The minimum absolute atomic E-state index is 0.0541. The summed E-state index contributed by atoms with van der Waals surface area (Å²) < 4.78 is 33.1. The number of hydrogen-bond donors (Lipinski definition) is 1. The molecule has 3 rings (SSSR count). The zero-order chi connectivity index (χ0) is 16.4. The number of hydrogen-bond acceptors (Lipinski definition) is 2. The molecule has 23 heavy (non-hydrogen) atoms. The standard InChI is InChI=1S/C18H23F2NO2/c1-11(7-8-12-4-3-9-23-12)21-18(22)14-10-13(14)17-15(19)5-2-6-16(17)20/h2,5-6,11-14H,3-4,7-10H2,1H3,(H,21,22)/t11-,12+,13-,14-/m1/s1. The second kappa shape index (κ2) is 6.95. The van der Waals surface area contributed by atoms with E-state index in [9.17, 15) is 13.6 Å². The van der Waals surface area contributed by atoms with Gasteiger partial charge in [-0.15, -0.1) is 0 Å². The summed E-state index contributed by atoms with van der Waals surface area (Å²) in [5.74, 6) is -1.86. The zero-order valence-electron chi connectivity index (χ0n) is 13.4. The molecule has 1 aliphatic heterocycles. The summed E-state index contributed by atoms with van der Waals surface area (Å²) in [5, 5.41) is 2.97. The number of halogens is 2. The van der Waals surface area contributed by atoms with Crippen molar-refractivity contribution >= 4 is 5.91 Å². The highest BCUT2D eigenvalue weighted by molar-refractivity contribution is 5.83. The van der Waals surface area contributed by atoms with Crippen LogP contribution in [0, 0.1) is 17.6 Å². The molecule has 2 aliphatic rings. The predicted octanol–water partition coefficient (Wildman–Crippen LogP) is 3.53. The molecule has 1 aromatic rings. The maximum Gasteiger partial charge on any atom is 0.223 e.